The highest BCUT2D eigenvalue weighted by Crippen LogP contribution is 2.33. The zero-order valence-corrected chi connectivity index (χ0v) is 16.9. The molecule has 0 atom stereocenters. The van der Waals surface area contributed by atoms with Crippen molar-refractivity contribution in [3.05, 3.63) is 0 Å². The first-order valence-corrected chi connectivity index (χ1v) is 10.3. The van der Waals surface area contributed by atoms with E-state index in [-0.39, 0.29) is 23.0 Å². The summed E-state index contributed by atoms with van der Waals surface area (Å²) >= 11 is 0. The Morgan fingerprint density at radius 1 is 0.750 bits per heavy atom. The van der Waals surface area contributed by atoms with Gasteiger partial charge in [-0.3, -0.25) is 0 Å². The van der Waals surface area contributed by atoms with E-state index in [4.69, 9.17) is 28.4 Å². The molecule has 3 fully saturated rings. The van der Waals surface area contributed by atoms with Crippen molar-refractivity contribution in [1.82, 2.24) is 0 Å². The first-order chi connectivity index (χ1) is 13.5. The second kappa shape index (κ2) is 9.31. The number of ether oxygens (including phenoxy) is 6. The van der Waals surface area contributed by atoms with Crippen LogP contribution in [0.15, 0.2) is 0 Å². The van der Waals surface area contributed by atoms with Gasteiger partial charge in [0.1, 0.15) is 25.4 Å². The van der Waals surface area contributed by atoms with Gasteiger partial charge < -0.3 is 28.4 Å². The highest BCUT2D eigenvalue weighted by molar-refractivity contribution is 5.60. The number of rotatable bonds is 8. The van der Waals surface area contributed by atoms with Crippen molar-refractivity contribution in [3.8, 4) is 0 Å². The Hall–Kier alpha value is -1.54. The first kappa shape index (κ1) is 21.2. The fraction of sp³-hybridized carbons (Fsp3) is 0.900. The van der Waals surface area contributed by atoms with E-state index in [0.717, 1.165) is 12.8 Å². The molecule has 28 heavy (non-hydrogen) atoms. The first-order valence-electron chi connectivity index (χ1n) is 10.3. The van der Waals surface area contributed by atoms with E-state index in [9.17, 15) is 9.59 Å². The quantitative estimate of drug-likeness (QED) is 0.572. The maximum Gasteiger partial charge on any atom is 0.508 e. The molecule has 0 radical (unpaired) electrons. The predicted molar refractivity (Wildman–Crippen MR) is 98.0 cm³/mol. The monoisotopic (exact) mass is 400 g/mol. The molecule has 0 aromatic carbocycles. The molecule has 0 amide bonds. The topological polar surface area (TPSA) is 89.5 Å². The molecule has 1 aliphatic carbocycles. The number of hydrogen-bond donors (Lipinski definition) is 0. The van der Waals surface area contributed by atoms with Crippen molar-refractivity contribution in [2.75, 3.05) is 39.6 Å². The van der Waals surface area contributed by atoms with E-state index >= 15 is 0 Å². The van der Waals surface area contributed by atoms with Gasteiger partial charge in [-0.1, -0.05) is 13.8 Å². The van der Waals surface area contributed by atoms with Gasteiger partial charge in [0, 0.05) is 0 Å². The molecule has 2 saturated heterocycles. The zero-order chi connectivity index (χ0) is 20.0. The van der Waals surface area contributed by atoms with Crippen LogP contribution in [-0.2, 0) is 28.4 Å². The molecule has 0 aromatic heterocycles. The fourth-order valence-corrected chi connectivity index (χ4v) is 3.59. The van der Waals surface area contributed by atoms with Crippen LogP contribution in [0.25, 0.3) is 0 Å². The normalized spacial score (nSPS) is 27.6. The molecule has 2 heterocycles. The SMILES string of the molecule is CCC1(COC(=O)OC2CCC(OC(=O)OCC3(CC)COC3)CC2)COC1. The summed E-state index contributed by atoms with van der Waals surface area (Å²) in [6.45, 7) is 7.29. The minimum absolute atomic E-state index is 0.0488. The lowest BCUT2D eigenvalue weighted by molar-refractivity contribution is -0.147. The van der Waals surface area contributed by atoms with Gasteiger partial charge in [-0.25, -0.2) is 9.59 Å². The van der Waals surface area contributed by atoms with Crippen molar-refractivity contribution in [2.45, 2.75) is 64.6 Å². The van der Waals surface area contributed by atoms with Gasteiger partial charge in [-0.15, -0.1) is 0 Å². The Labute approximate surface area is 166 Å². The van der Waals surface area contributed by atoms with Crippen LogP contribution in [0.5, 0.6) is 0 Å². The average molecular weight is 400 g/mol. The van der Waals surface area contributed by atoms with Crippen LogP contribution in [0.1, 0.15) is 52.4 Å². The van der Waals surface area contributed by atoms with Crippen molar-refractivity contribution in [2.24, 2.45) is 10.8 Å². The molecule has 160 valence electrons. The minimum atomic E-state index is -0.629. The third-order valence-electron chi connectivity index (χ3n) is 6.27. The summed E-state index contributed by atoms with van der Waals surface area (Å²) in [5.41, 5.74) is -0.0975. The van der Waals surface area contributed by atoms with Crippen LogP contribution in [0.3, 0.4) is 0 Å². The number of carbonyl (C=O) groups is 2. The third-order valence-corrected chi connectivity index (χ3v) is 6.27. The zero-order valence-electron chi connectivity index (χ0n) is 16.9. The van der Waals surface area contributed by atoms with Crippen LogP contribution < -0.4 is 0 Å². The van der Waals surface area contributed by atoms with Crippen molar-refractivity contribution < 1.29 is 38.0 Å². The average Bonchev–Trinajstić information content (AvgIpc) is 2.62. The van der Waals surface area contributed by atoms with Crippen molar-refractivity contribution in [1.29, 1.82) is 0 Å². The Balaban J connectivity index is 1.28. The molecule has 2 aliphatic heterocycles. The Kier molecular flexibility index (Phi) is 7.04. The maximum absolute atomic E-state index is 11.9. The van der Waals surface area contributed by atoms with Gasteiger partial charge in [-0.05, 0) is 38.5 Å². The third kappa shape index (κ3) is 5.29. The fourth-order valence-electron chi connectivity index (χ4n) is 3.59. The van der Waals surface area contributed by atoms with E-state index in [0.29, 0.717) is 65.3 Å². The van der Waals surface area contributed by atoms with Gasteiger partial charge in [0.05, 0.1) is 37.3 Å². The van der Waals surface area contributed by atoms with E-state index in [2.05, 4.69) is 13.8 Å². The predicted octanol–water partition coefficient (Wildman–Crippen LogP) is 3.46. The molecule has 3 rings (SSSR count). The Bertz CT molecular complexity index is 473. The molecule has 1 saturated carbocycles. The van der Waals surface area contributed by atoms with Crippen LogP contribution in [0, 0.1) is 10.8 Å². The number of carbonyl (C=O) groups excluding carboxylic acids is 2. The lowest BCUT2D eigenvalue weighted by atomic mass is 9.84. The second-order valence-electron chi connectivity index (χ2n) is 8.40. The molecule has 0 bridgehead atoms. The molecule has 0 unspecified atom stereocenters. The largest absolute Gasteiger partial charge is 0.508 e. The van der Waals surface area contributed by atoms with Crippen molar-refractivity contribution in [3.63, 3.8) is 0 Å². The van der Waals surface area contributed by atoms with E-state index < -0.39 is 12.3 Å². The lowest BCUT2D eigenvalue weighted by Gasteiger charge is -2.40. The van der Waals surface area contributed by atoms with Crippen LogP contribution in [0.4, 0.5) is 9.59 Å². The summed E-state index contributed by atoms with van der Waals surface area (Å²) in [4.78, 5) is 23.8. The van der Waals surface area contributed by atoms with Crippen LogP contribution in [0.2, 0.25) is 0 Å². The van der Waals surface area contributed by atoms with E-state index in [1.807, 2.05) is 0 Å². The molecular weight excluding hydrogens is 368 g/mol. The minimum Gasteiger partial charge on any atom is -0.434 e. The summed E-state index contributed by atoms with van der Waals surface area (Å²) < 4.78 is 31.8. The van der Waals surface area contributed by atoms with Gasteiger partial charge in [0.15, 0.2) is 0 Å². The summed E-state index contributed by atoms with van der Waals surface area (Å²) in [6.07, 6.45) is 2.72. The van der Waals surface area contributed by atoms with Gasteiger partial charge in [-0.2, -0.15) is 0 Å². The van der Waals surface area contributed by atoms with E-state index in [1.165, 1.54) is 0 Å². The molecule has 3 aliphatic rings. The molecule has 0 N–H and O–H groups in total. The Morgan fingerprint density at radius 2 is 1.11 bits per heavy atom. The summed E-state index contributed by atoms with van der Waals surface area (Å²) in [7, 11) is 0. The molecular formula is C20H32O8. The van der Waals surface area contributed by atoms with Crippen molar-refractivity contribution >= 4 is 12.3 Å². The molecule has 8 nitrogen and oxygen atoms in total. The van der Waals surface area contributed by atoms with E-state index in [1.54, 1.807) is 0 Å². The highest BCUT2D eigenvalue weighted by Gasteiger charge is 2.40. The van der Waals surface area contributed by atoms with Gasteiger partial charge in [0.2, 0.25) is 0 Å². The number of hydrogen-bond acceptors (Lipinski definition) is 8. The molecule has 0 spiro atoms. The van der Waals surface area contributed by atoms with Gasteiger partial charge >= 0.3 is 12.3 Å². The Morgan fingerprint density at radius 3 is 1.36 bits per heavy atom. The van der Waals surface area contributed by atoms with Crippen LogP contribution in [-0.4, -0.2) is 64.2 Å². The summed E-state index contributed by atoms with van der Waals surface area (Å²) in [5, 5.41) is 0. The summed E-state index contributed by atoms with van der Waals surface area (Å²) in [5.74, 6) is 0. The molecule has 0 aromatic rings. The van der Waals surface area contributed by atoms with Crippen LogP contribution >= 0.6 is 0 Å². The maximum atomic E-state index is 11.9. The highest BCUT2D eigenvalue weighted by atomic mass is 16.7. The summed E-state index contributed by atoms with van der Waals surface area (Å²) in [6, 6.07) is 0. The smallest absolute Gasteiger partial charge is 0.434 e. The standard InChI is InChI=1S/C20H32O8/c1-3-19(9-23-10-19)13-25-17(21)27-15-5-7-16(8-6-15)28-18(22)26-14-20(4-2)11-24-12-20/h15-16H,3-14H2,1-2H3. The molecule has 8 heteroatoms. The lowest BCUT2D eigenvalue weighted by Crippen LogP contribution is -2.46. The van der Waals surface area contributed by atoms with Gasteiger partial charge in [0.25, 0.3) is 0 Å². The second-order valence-corrected chi connectivity index (χ2v) is 8.40.